The van der Waals surface area contributed by atoms with Crippen LogP contribution in [0.1, 0.15) is 0 Å². The van der Waals surface area contributed by atoms with Gasteiger partial charge in [-0.2, -0.15) is 4.57 Å². The zero-order valence-electron chi connectivity index (χ0n) is 8.43. The molecule has 0 aliphatic heterocycles. The molecule has 2 rings (SSSR count). The largest absolute Gasteiger partial charge is 0.428 e. The lowest BCUT2D eigenvalue weighted by Gasteiger charge is -2.09. The molecule has 1 aromatic carbocycles. The second-order valence-corrected chi connectivity index (χ2v) is 3.35. The first-order chi connectivity index (χ1) is 7.11. The van der Waals surface area contributed by atoms with Gasteiger partial charge in [-0.3, -0.25) is 0 Å². The van der Waals surface area contributed by atoms with Crippen molar-refractivity contribution in [3.63, 3.8) is 0 Å². The highest BCUT2D eigenvalue weighted by atomic mass is 16.4. The Bertz CT molecular complexity index is 565. The Balaban J connectivity index is 2.75. The Morgan fingerprint density at radius 2 is 2.00 bits per heavy atom. The number of benzene rings is 1. The maximum atomic E-state index is 11.7. The second kappa shape index (κ2) is 3.27. The van der Waals surface area contributed by atoms with Crippen LogP contribution in [-0.2, 0) is 0 Å². The van der Waals surface area contributed by atoms with Crippen LogP contribution in [0.25, 0.3) is 11.1 Å². The molecule has 0 radical (unpaired) electrons. The van der Waals surface area contributed by atoms with E-state index in [1.165, 1.54) is 4.90 Å². The van der Waals surface area contributed by atoms with Crippen molar-refractivity contribution >= 4 is 17.1 Å². The summed E-state index contributed by atoms with van der Waals surface area (Å²) in [6.07, 6.45) is 0. The van der Waals surface area contributed by atoms with Crippen LogP contribution in [0.15, 0.2) is 33.5 Å². The van der Waals surface area contributed by atoms with Gasteiger partial charge in [-0.15, -0.1) is 0 Å². The molecule has 5 nitrogen and oxygen atoms in total. The van der Waals surface area contributed by atoms with Crippen molar-refractivity contribution in [2.75, 3.05) is 14.1 Å². The molecule has 0 atom stereocenters. The first kappa shape index (κ1) is 9.51. The summed E-state index contributed by atoms with van der Waals surface area (Å²) in [5.41, 5.74) is 0.902. The lowest BCUT2D eigenvalue weighted by Crippen LogP contribution is -2.33. The summed E-state index contributed by atoms with van der Waals surface area (Å²) in [6, 6.07) is 6.40. The van der Waals surface area contributed by atoms with Gasteiger partial charge >= 0.3 is 11.8 Å². The SMILES string of the molecule is CN(C)C(=O)n1c(=O)oc2ccccc21. The molecule has 0 unspecified atom stereocenters. The fourth-order valence-corrected chi connectivity index (χ4v) is 1.35. The smallest absolute Gasteiger partial charge is 0.407 e. The molecule has 1 amide bonds. The maximum Gasteiger partial charge on any atom is 0.428 e. The minimum absolute atomic E-state index is 0.412. The zero-order chi connectivity index (χ0) is 11.0. The van der Waals surface area contributed by atoms with E-state index in [1.807, 2.05) is 0 Å². The van der Waals surface area contributed by atoms with Crippen molar-refractivity contribution in [3.8, 4) is 0 Å². The number of nitrogens with zero attached hydrogens (tertiary/aromatic N) is 2. The average molecular weight is 206 g/mol. The van der Waals surface area contributed by atoms with E-state index in [0.717, 1.165) is 4.57 Å². The van der Waals surface area contributed by atoms with Crippen LogP contribution < -0.4 is 5.76 Å². The van der Waals surface area contributed by atoms with Crippen LogP contribution in [0.3, 0.4) is 0 Å². The zero-order valence-corrected chi connectivity index (χ0v) is 8.43. The molecule has 0 spiro atoms. The predicted molar refractivity (Wildman–Crippen MR) is 55.0 cm³/mol. The standard InChI is InChI=1S/C10H10N2O3/c1-11(2)9(13)12-7-5-3-4-6-8(7)15-10(12)14/h3-6H,1-2H3. The number of hydrogen-bond acceptors (Lipinski definition) is 3. The van der Waals surface area contributed by atoms with E-state index in [-0.39, 0.29) is 0 Å². The van der Waals surface area contributed by atoms with E-state index in [0.29, 0.717) is 11.1 Å². The van der Waals surface area contributed by atoms with Gasteiger partial charge in [0.05, 0.1) is 5.52 Å². The first-order valence-corrected chi connectivity index (χ1v) is 4.43. The number of fused-ring (bicyclic) bond motifs is 1. The van der Waals surface area contributed by atoms with E-state index in [9.17, 15) is 9.59 Å². The van der Waals surface area contributed by atoms with Crippen LogP contribution in [0.5, 0.6) is 0 Å². The molecule has 78 valence electrons. The van der Waals surface area contributed by atoms with Crippen molar-refractivity contribution in [3.05, 3.63) is 34.8 Å². The Labute approximate surface area is 85.5 Å². The summed E-state index contributed by atoms with van der Waals surface area (Å²) < 4.78 is 5.94. The quantitative estimate of drug-likeness (QED) is 0.649. The van der Waals surface area contributed by atoms with E-state index >= 15 is 0 Å². The fraction of sp³-hybridized carbons (Fsp3) is 0.200. The van der Waals surface area contributed by atoms with Crippen LogP contribution in [0.2, 0.25) is 0 Å². The molecule has 0 saturated heterocycles. The Morgan fingerprint density at radius 1 is 1.33 bits per heavy atom. The highest BCUT2D eigenvalue weighted by Crippen LogP contribution is 2.11. The average Bonchev–Trinajstić information content (AvgIpc) is 2.52. The van der Waals surface area contributed by atoms with Crippen molar-refractivity contribution < 1.29 is 9.21 Å². The number of para-hydroxylation sites is 2. The van der Waals surface area contributed by atoms with Gasteiger partial charge < -0.3 is 9.32 Å². The van der Waals surface area contributed by atoms with E-state index in [1.54, 1.807) is 38.4 Å². The number of carbonyl (C=O) groups is 1. The molecule has 0 aliphatic rings. The summed E-state index contributed by atoms with van der Waals surface area (Å²) in [6.45, 7) is 0. The third-order valence-corrected chi connectivity index (χ3v) is 2.06. The van der Waals surface area contributed by atoms with Gasteiger partial charge in [0.1, 0.15) is 0 Å². The molecular formula is C10H10N2O3. The summed E-state index contributed by atoms with van der Waals surface area (Å²) in [5, 5.41) is 0. The molecule has 5 heteroatoms. The van der Waals surface area contributed by atoms with Crippen molar-refractivity contribution in [2.24, 2.45) is 0 Å². The van der Waals surface area contributed by atoms with Crippen LogP contribution >= 0.6 is 0 Å². The molecular weight excluding hydrogens is 196 g/mol. The van der Waals surface area contributed by atoms with Gasteiger partial charge in [0.2, 0.25) is 0 Å². The molecule has 2 aromatic rings. The summed E-state index contributed by atoms with van der Waals surface area (Å²) in [7, 11) is 3.16. The summed E-state index contributed by atoms with van der Waals surface area (Å²) >= 11 is 0. The number of hydrogen-bond donors (Lipinski definition) is 0. The van der Waals surface area contributed by atoms with Crippen molar-refractivity contribution in [1.82, 2.24) is 9.47 Å². The highest BCUT2D eigenvalue weighted by Gasteiger charge is 2.16. The Hall–Kier alpha value is -2.04. The number of aromatic nitrogens is 1. The molecule has 0 aliphatic carbocycles. The van der Waals surface area contributed by atoms with Gasteiger partial charge in [-0.1, -0.05) is 12.1 Å². The Kier molecular flexibility index (Phi) is 2.07. The number of carbonyl (C=O) groups excluding carboxylic acids is 1. The topological polar surface area (TPSA) is 55.5 Å². The van der Waals surface area contributed by atoms with Gasteiger partial charge in [-0.05, 0) is 12.1 Å². The fourth-order valence-electron chi connectivity index (χ4n) is 1.35. The highest BCUT2D eigenvalue weighted by molar-refractivity contribution is 5.87. The molecule has 0 N–H and O–H groups in total. The predicted octanol–water partition coefficient (Wildman–Crippen LogP) is 1.12. The van der Waals surface area contributed by atoms with Crippen LogP contribution in [0.4, 0.5) is 4.79 Å². The molecule has 1 aromatic heterocycles. The van der Waals surface area contributed by atoms with Gasteiger partial charge in [0.25, 0.3) is 0 Å². The van der Waals surface area contributed by atoms with Gasteiger partial charge in [0, 0.05) is 14.1 Å². The lowest BCUT2D eigenvalue weighted by atomic mass is 10.3. The molecule has 0 bridgehead atoms. The lowest BCUT2D eigenvalue weighted by molar-refractivity contribution is 0.218. The van der Waals surface area contributed by atoms with Crippen LogP contribution in [0, 0.1) is 0 Å². The van der Waals surface area contributed by atoms with E-state index < -0.39 is 11.8 Å². The molecule has 15 heavy (non-hydrogen) atoms. The van der Waals surface area contributed by atoms with Crippen LogP contribution in [-0.4, -0.2) is 29.6 Å². The number of amides is 1. The molecule has 0 fully saturated rings. The third-order valence-electron chi connectivity index (χ3n) is 2.06. The second-order valence-electron chi connectivity index (χ2n) is 3.35. The summed E-state index contributed by atoms with van der Waals surface area (Å²) in [5.74, 6) is -0.658. The van der Waals surface area contributed by atoms with Gasteiger partial charge in [0.15, 0.2) is 5.58 Å². The first-order valence-electron chi connectivity index (χ1n) is 4.43. The number of oxazole rings is 1. The number of rotatable bonds is 0. The van der Waals surface area contributed by atoms with E-state index in [2.05, 4.69) is 0 Å². The summed E-state index contributed by atoms with van der Waals surface area (Å²) in [4.78, 5) is 24.4. The van der Waals surface area contributed by atoms with Crippen molar-refractivity contribution in [1.29, 1.82) is 0 Å². The normalized spacial score (nSPS) is 10.5. The van der Waals surface area contributed by atoms with E-state index in [4.69, 9.17) is 4.42 Å². The van der Waals surface area contributed by atoms with Crippen molar-refractivity contribution in [2.45, 2.75) is 0 Å². The Morgan fingerprint density at radius 3 is 2.67 bits per heavy atom. The maximum absolute atomic E-state index is 11.7. The minimum atomic E-state index is -0.658. The molecule has 0 saturated carbocycles. The minimum Gasteiger partial charge on any atom is -0.407 e. The third kappa shape index (κ3) is 1.41. The van der Waals surface area contributed by atoms with Gasteiger partial charge in [-0.25, -0.2) is 9.59 Å². The monoisotopic (exact) mass is 206 g/mol. The molecule has 1 heterocycles.